The number of rotatable bonds is 7. The van der Waals surface area contributed by atoms with Crippen LogP contribution in [0.4, 0.5) is 11.6 Å². The molecule has 162 valence electrons. The maximum atomic E-state index is 5.95. The lowest BCUT2D eigenvalue weighted by Crippen LogP contribution is -2.23. The summed E-state index contributed by atoms with van der Waals surface area (Å²) < 4.78 is 0. The van der Waals surface area contributed by atoms with Gasteiger partial charge >= 0.3 is 0 Å². The van der Waals surface area contributed by atoms with Gasteiger partial charge < -0.3 is 15.2 Å². The number of aromatic amines is 2. The van der Waals surface area contributed by atoms with Crippen molar-refractivity contribution in [1.82, 2.24) is 30.4 Å². The second kappa shape index (κ2) is 7.94. The van der Waals surface area contributed by atoms with Gasteiger partial charge in [-0.3, -0.25) is 0 Å². The van der Waals surface area contributed by atoms with E-state index in [-0.39, 0.29) is 0 Å². The van der Waals surface area contributed by atoms with E-state index in [1.807, 2.05) is 42.9 Å². The van der Waals surface area contributed by atoms with Crippen LogP contribution in [0.25, 0.3) is 11.4 Å². The van der Waals surface area contributed by atoms with Gasteiger partial charge in [-0.1, -0.05) is 23.7 Å². The van der Waals surface area contributed by atoms with Crippen molar-refractivity contribution in [2.75, 3.05) is 29.9 Å². The molecule has 3 aromatic heterocycles. The number of hydrogen-bond acceptors (Lipinski definition) is 6. The van der Waals surface area contributed by atoms with Gasteiger partial charge in [0.05, 0.1) is 18.1 Å². The Labute approximate surface area is 190 Å². The van der Waals surface area contributed by atoms with Gasteiger partial charge in [0.1, 0.15) is 17.5 Å². The molecule has 2 unspecified atom stereocenters. The third kappa shape index (κ3) is 3.71. The van der Waals surface area contributed by atoms with Crippen molar-refractivity contribution in [3.05, 3.63) is 71.3 Å². The largest absolute Gasteiger partial charge is 0.370 e. The number of aromatic nitrogens is 6. The van der Waals surface area contributed by atoms with Gasteiger partial charge in [0.25, 0.3) is 0 Å². The fraction of sp³-hybridized carbons (Fsp3) is 0.304. The van der Waals surface area contributed by atoms with Crippen molar-refractivity contribution in [3.8, 4) is 11.4 Å². The Morgan fingerprint density at radius 1 is 1.06 bits per heavy atom. The maximum Gasteiger partial charge on any atom is 0.139 e. The average molecular weight is 447 g/mol. The standard InChI is InChI=1S/C23H23ClN8/c24-16-3-1-14(2-4-16)5-7-25-20-9-15(6-8-26-20)23-27-11-21(29-23)32-12-17-18(13-32)22(17)19-10-28-31-30-19/h1-4,6,8-11,17-18,22H,5,7,12-13H2,(H,25,26)(H,27,29)(H,28,30,31). The molecule has 32 heavy (non-hydrogen) atoms. The van der Waals surface area contributed by atoms with Crippen LogP contribution in [-0.4, -0.2) is 50.0 Å². The monoisotopic (exact) mass is 446 g/mol. The molecule has 8 nitrogen and oxygen atoms in total. The van der Waals surface area contributed by atoms with E-state index in [9.17, 15) is 0 Å². The molecule has 1 saturated carbocycles. The lowest BCUT2D eigenvalue weighted by molar-refractivity contribution is 0.729. The van der Waals surface area contributed by atoms with Crippen molar-refractivity contribution in [2.24, 2.45) is 11.8 Å². The van der Waals surface area contributed by atoms with Crippen LogP contribution >= 0.6 is 11.6 Å². The molecule has 9 heteroatoms. The van der Waals surface area contributed by atoms with Crippen LogP contribution in [-0.2, 0) is 6.42 Å². The number of pyridine rings is 1. The Balaban J connectivity index is 1.07. The fourth-order valence-electron chi connectivity index (χ4n) is 4.81. The Kier molecular flexibility index (Phi) is 4.79. The molecule has 2 aliphatic rings. The van der Waals surface area contributed by atoms with Crippen molar-refractivity contribution in [3.63, 3.8) is 0 Å². The summed E-state index contributed by atoms with van der Waals surface area (Å²) in [5, 5.41) is 15.1. The van der Waals surface area contributed by atoms with E-state index in [4.69, 9.17) is 11.6 Å². The quantitative estimate of drug-likeness (QED) is 0.400. The van der Waals surface area contributed by atoms with E-state index in [1.54, 1.807) is 0 Å². The van der Waals surface area contributed by atoms with Gasteiger partial charge in [-0.05, 0) is 48.1 Å². The summed E-state index contributed by atoms with van der Waals surface area (Å²) in [7, 11) is 0. The third-order valence-corrected chi connectivity index (χ3v) is 6.79. The third-order valence-electron chi connectivity index (χ3n) is 6.54. The first-order chi connectivity index (χ1) is 15.7. The van der Waals surface area contributed by atoms with Crippen molar-refractivity contribution >= 4 is 23.2 Å². The number of imidazole rings is 1. The van der Waals surface area contributed by atoms with Crippen LogP contribution in [0.3, 0.4) is 0 Å². The number of H-pyrrole nitrogens is 2. The van der Waals surface area contributed by atoms with Crippen LogP contribution in [0.15, 0.2) is 55.0 Å². The second-order valence-corrected chi connectivity index (χ2v) is 8.94. The minimum Gasteiger partial charge on any atom is -0.370 e. The zero-order valence-electron chi connectivity index (χ0n) is 17.4. The number of benzene rings is 1. The molecule has 0 amide bonds. The summed E-state index contributed by atoms with van der Waals surface area (Å²) in [6, 6.07) is 12.0. The molecule has 1 saturated heterocycles. The van der Waals surface area contributed by atoms with Gasteiger partial charge in [-0.25, -0.2) is 9.97 Å². The zero-order chi connectivity index (χ0) is 21.5. The summed E-state index contributed by atoms with van der Waals surface area (Å²) in [6.45, 7) is 2.85. The summed E-state index contributed by atoms with van der Waals surface area (Å²) in [5.41, 5.74) is 3.35. The van der Waals surface area contributed by atoms with E-state index in [1.165, 1.54) is 5.56 Å². The molecule has 0 radical (unpaired) electrons. The topological polar surface area (TPSA) is 98.4 Å². The highest BCUT2D eigenvalue weighted by molar-refractivity contribution is 6.30. The normalized spacial score (nSPS) is 21.5. The predicted molar refractivity (Wildman–Crippen MR) is 124 cm³/mol. The first-order valence-electron chi connectivity index (χ1n) is 10.8. The van der Waals surface area contributed by atoms with Gasteiger partial charge in [0.2, 0.25) is 0 Å². The van der Waals surface area contributed by atoms with Gasteiger partial charge in [-0.2, -0.15) is 15.4 Å². The number of halogens is 1. The van der Waals surface area contributed by atoms with Crippen LogP contribution in [0, 0.1) is 11.8 Å². The fourth-order valence-corrected chi connectivity index (χ4v) is 4.94. The van der Waals surface area contributed by atoms with Crippen LogP contribution in [0.5, 0.6) is 0 Å². The first kappa shape index (κ1) is 19.3. The summed E-state index contributed by atoms with van der Waals surface area (Å²) in [4.78, 5) is 14.9. The van der Waals surface area contributed by atoms with Crippen LogP contribution < -0.4 is 10.2 Å². The maximum absolute atomic E-state index is 5.95. The summed E-state index contributed by atoms with van der Waals surface area (Å²) >= 11 is 5.95. The first-order valence-corrected chi connectivity index (χ1v) is 11.2. The summed E-state index contributed by atoms with van der Waals surface area (Å²) in [5.74, 6) is 4.63. The van der Waals surface area contributed by atoms with Crippen LogP contribution in [0.1, 0.15) is 17.2 Å². The zero-order valence-corrected chi connectivity index (χ0v) is 18.1. The minimum absolute atomic E-state index is 0.550. The number of hydrogen-bond donors (Lipinski definition) is 3. The van der Waals surface area contributed by atoms with Crippen molar-refractivity contribution in [1.29, 1.82) is 0 Å². The Hall–Kier alpha value is -3.39. The lowest BCUT2D eigenvalue weighted by atomic mass is 10.1. The molecule has 2 fully saturated rings. The molecule has 4 heterocycles. The molecule has 1 aliphatic carbocycles. The van der Waals surface area contributed by atoms with E-state index in [0.29, 0.717) is 17.8 Å². The molecule has 4 aromatic rings. The lowest BCUT2D eigenvalue weighted by Gasteiger charge is -2.19. The summed E-state index contributed by atoms with van der Waals surface area (Å²) in [6.07, 6.45) is 6.50. The highest BCUT2D eigenvalue weighted by Gasteiger charge is 2.57. The molecular formula is C23H23ClN8. The molecule has 3 N–H and O–H groups in total. The number of fused-ring (bicyclic) bond motifs is 1. The van der Waals surface area contributed by atoms with Gasteiger partial charge in [0.15, 0.2) is 0 Å². The van der Waals surface area contributed by atoms with Crippen molar-refractivity contribution < 1.29 is 0 Å². The number of nitrogens with one attached hydrogen (secondary N) is 3. The van der Waals surface area contributed by atoms with Gasteiger partial charge in [0, 0.05) is 42.3 Å². The van der Waals surface area contributed by atoms with E-state index in [2.05, 4.69) is 52.7 Å². The van der Waals surface area contributed by atoms with E-state index >= 15 is 0 Å². The molecule has 2 atom stereocenters. The molecule has 0 bridgehead atoms. The SMILES string of the molecule is Clc1ccc(CCNc2cc(-c3ncc(N4CC5C(C4)C5c4cn[nH]n4)[nH]3)ccn2)cc1. The number of piperidine rings is 1. The highest BCUT2D eigenvalue weighted by atomic mass is 35.5. The molecular weight excluding hydrogens is 424 g/mol. The second-order valence-electron chi connectivity index (χ2n) is 8.50. The van der Waals surface area contributed by atoms with Crippen molar-refractivity contribution in [2.45, 2.75) is 12.3 Å². The van der Waals surface area contributed by atoms with Gasteiger partial charge in [-0.15, -0.1) is 0 Å². The molecule has 6 rings (SSSR count). The minimum atomic E-state index is 0.550. The van der Waals surface area contributed by atoms with Crippen LogP contribution in [0.2, 0.25) is 5.02 Å². The molecule has 1 aromatic carbocycles. The number of anilines is 2. The molecule has 1 aliphatic heterocycles. The highest BCUT2D eigenvalue weighted by Crippen LogP contribution is 2.57. The van der Waals surface area contributed by atoms with E-state index in [0.717, 1.165) is 59.8 Å². The van der Waals surface area contributed by atoms with E-state index < -0.39 is 0 Å². The number of nitrogens with zero attached hydrogens (tertiary/aromatic N) is 5. The Morgan fingerprint density at radius 3 is 2.69 bits per heavy atom. The Morgan fingerprint density at radius 2 is 1.91 bits per heavy atom. The predicted octanol–water partition coefficient (Wildman–Crippen LogP) is 3.75. The average Bonchev–Trinajstić information content (AvgIpc) is 3.35. The Bertz CT molecular complexity index is 1190. The molecule has 0 spiro atoms. The smallest absolute Gasteiger partial charge is 0.139 e.